The van der Waals surface area contributed by atoms with Crippen LogP contribution in [-0.4, -0.2) is 17.6 Å². The lowest BCUT2D eigenvalue weighted by Crippen LogP contribution is -2.18. The van der Waals surface area contributed by atoms with Crippen LogP contribution in [0.5, 0.6) is 5.75 Å². The maximum atomic E-state index is 12.5. The Morgan fingerprint density at radius 3 is 2.61 bits per heavy atom. The van der Waals surface area contributed by atoms with Crippen molar-refractivity contribution < 1.29 is 9.90 Å². The van der Waals surface area contributed by atoms with Gasteiger partial charge in [0.2, 0.25) is 0 Å². The summed E-state index contributed by atoms with van der Waals surface area (Å²) >= 11 is 0. The summed E-state index contributed by atoms with van der Waals surface area (Å²) in [7, 11) is 0. The molecule has 1 amide bonds. The number of carbonyl (C=O) groups is 1. The number of nitrogens with one attached hydrogen (secondary N) is 2. The maximum Gasteiger partial charge on any atom is 0.267 e. The highest BCUT2D eigenvalue weighted by molar-refractivity contribution is 6.11. The fraction of sp³-hybridized carbons (Fsp3) is 0.130. The predicted molar refractivity (Wildman–Crippen MR) is 111 cm³/mol. The summed E-state index contributed by atoms with van der Waals surface area (Å²) in [5.41, 5.74) is 2.97. The van der Waals surface area contributed by atoms with Crippen LogP contribution >= 0.6 is 0 Å². The van der Waals surface area contributed by atoms with Gasteiger partial charge in [-0.1, -0.05) is 48.5 Å². The van der Waals surface area contributed by atoms with Gasteiger partial charge >= 0.3 is 0 Å². The second-order valence-corrected chi connectivity index (χ2v) is 6.43. The quantitative estimate of drug-likeness (QED) is 0.347. The van der Waals surface area contributed by atoms with E-state index in [1.165, 1.54) is 17.3 Å². The molecule has 0 aliphatic rings. The Hall–Kier alpha value is -3.78. The van der Waals surface area contributed by atoms with Crippen molar-refractivity contribution in [2.45, 2.75) is 13.3 Å². The topological polar surface area (TPSA) is 85.2 Å². The molecule has 3 aromatic rings. The number of rotatable bonds is 6. The summed E-state index contributed by atoms with van der Waals surface area (Å²) in [5.74, 6) is -0.357. The van der Waals surface area contributed by atoms with Crippen LogP contribution in [0.3, 0.4) is 0 Å². The Morgan fingerprint density at radius 1 is 1.07 bits per heavy atom. The first-order chi connectivity index (χ1) is 13.6. The molecular formula is C23H21N3O2. The van der Waals surface area contributed by atoms with Gasteiger partial charge in [-0.25, -0.2) is 0 Å². The number of amides is 1. The molecule has 0 spiro atoms. The fourth-order valence-corrected chi connectivity index (χ4v) is 3.01. The lowest BCUT2D eigenvalue weighted by atomic mass is 10.1. The molecule has 0 unspecified atom stereocenters. The number of nitrogens with zero attached hydrogens (tertiary/aromatic N) is 1. The predicted octanol–water partition coefficient (Wildman–Crippen LogP) is 4.03. The summed E-state index contributed by atoms with van der Waals surface area (Å²) in [6.45, 7) is 2.67. The lowest BCUT2D eigenvalue weighted by molar-refractivity contribution is -0.112. The molecule has 3 aromatic carbocycles. The van der Waals surface area contributed by atoms with Crippen LogP contribution in [0.1, 0.15) is 11.1 Å². The Bertz CT molecular complexity index is 1080. The number of fused-ring (bicyclic) bond motifs is 1. The van der Waals surface area contributed by atoms with E-state index in [9.17, 15) is 15.2 Å². The molecule has 0 atom stereocenters. The molecule has 0 aliphatic carbocycles. The number of aromatic hydroxyl groups is 1. The van der Waals surface area contributed by atoms with Gasteiger partial charge in [-0.2, -0.15) is 5.26 Å². The molecule has 3 N–H and O–H groups in total. The molecule has 5 heteroatoms. The molecule has 0 fully saturated rings. The van der Waals surface area contributed by atoms with E-state index in [1.54, 1.807) is 36.4 Å². The molecule has 140 valence electrons. The van der Waals surface area contributed by atoms with Gasteiger partial charge < -0.3 is 15.7 Å². The smallest absolute Gasteiger partial charge is 0.267 e. The molecule has 0 saturated heterocycles. The van der Waals surface area contributed by atoms with E-state index < -0.39 is 5.91 Å². The van der Waals surface area contributed by atoms with Crippen molar-refractivity contribution in [1.82, 2.24) is 5.32 Å². The number of anilines is 1. The van der Waals surface area contributed by atoms with Crippen LogP contribution in [0.2, 0.25) is 0 Å². The zero-order chi connectivity index (χ0) is 19.9. The van der Waals surface area contributed by atoms with Gasteiger partial charge in [-0.3, -0.25) is 4.79 Å². The molecule has 3 rings (SSSR count). The zero-order valence-electron chi connectivity index (χ0n) is 15.6. The monoisotopic (exact) mass is 371 g/mol. The maximum absolute atomic E-state index is 12.5. The number of nitriles is 1. The van der Waals surface area contributed by atoms with Gasteiger partial charge in [0.25, 0.3) is 5.91 Å². The summed E-state index contributed by atoms with van der Waals surface area (Å²) in [5, 5.41) is 26.4. The third-order valence-electron chi connectivity index (χ3n) is 4.56. The summed E-state index contributed by atoms with van der Waals surface area (Å²) in [6.07, 6.45) is 2.24. The van der Waals surface area contributed by atoms with Crippen LogP contribution in [0.25, 0.3) is 10.8 Å². The minimum atomic E-state index is -0.498. The van der Waals surface area contributed by atoms with Crippen molar-refractivity contribution in [3.05, 3.63) is 83.6 Å². The van der Waals surface area contributed by atoms with E-state index in [-0.39, 0.29) is 11.3 Å². The van der Waals surface area contributed by atoms with Crippen molar-refractivity contribution >= 4 is 22.4 Å². The highest BCUT2D eigenvalue weighted by Crippen LogP contribution is 2.29. The Labute approximate surface area is 163 Å². The van der Waals surface area contributed by atoms with Gasteiger partial charge in [0.1, 0.15) is 17.4 Å². The average molecular weight is 371 g/mol. The number of carbonyl (C=O) groups excluding carboxylic acids is 1. The number of hydrogen-bond acceptors (Lipinski definition) is 4. The molecule has 28 heavy (non-hydrogen) atoms. The standard InChI is InChI=1S/C23H21N3O2/c1-16-6-2-3-7-17(16)12-13-25-15-18(14-24)23(28)26-21-10-4-9-20-19(21)8-5-11-22(20)27/h2-11,15,25,27H,12-13H2,1H3,(H,26,28)/b18-15-. The van der Waals surface area contributed by atoms with Crippen molar-refractivity contribution in [3.8, 4) is 11.8 Å². The minimum Gasteiger partial charge on any atom is -0.507 e. The average Bonchev–Trinajstić information content (AvgIpc) is 2.70. The van der Waals surface area contributed by atoms with Crippen molar-refractivity contribution in [2.75, 3.05) is 11.9 Å². The highest BCUT2D eigenvalue weighted by Gasteiger charge is 2.12. The SMILES string of the molecule is Cc1ccccc1CCN/C=C(/C#N)C(=O)Nc1cccc2c(O)cccc12. The Balaban J connectivity index is 1.67. The van der Waals surface area contributed by atoms with Crippen LogP contribution in [0.15, 0.2) is 72.4 Å². The molecule has 0 aliphatic heterocycles. The van der Waals surface area contributed by atoms with E-state index >= 15 is 0 Å². The van der Waals surface area contributed by atoms with Gasteiger partial charge in [0.15, 0.2) is 0 Å². The van der Waals surface area contributed by atoms with Gasteiger partial charge in [-0.05, 0) is 36.6 Å². The van der Waals surface area contributed by atoms with E-state index in [4.69, 9.17) is 0 Å². The first-order valence-electron chi connectivity index (χ1n) is 9.00. The van der Waals surface area contributed by atoms with E-state index in [1.807, 2.05) is 18.2 Å². The first kappa shape index (κ1) is 19.0. The second-order valence-electron chi connectivity index (χ2n) is 6.43. The normalized spacial score (nSPS) is 11.1. The van der Waals surface area contributed by atoms with Crippen LogP contribution in [-0.2, 0) is 11.2 Å². The number of aryl methyl sites for hydroxylation is 1. The van der Waals surface area contributed by atoms with Crippen LogP contribution in [0, 0.1) is 18.3 Å². The van der Waals surface area contributed by atoms with E-state index in [0.717, 1.165) is 6.42 Å². The number of hydrogen-bond donors (Lipinski definition) is 3. The third kappa shape index (κ3) is 4.30. The van der Waals surface area contributed by atoms with Crippen LogP contribution < -0.4 is 10.6 Å². The van der Waals surface area contributed by atoms with Gasteiger partial charge in [-0.15, -0.1) is 0 Å². The molecular weight excluding hydrogens is 350 g/mol. The highest BCUT2D eigenvalue weighted by atomic mass is 16.3. The van der Waals surface area contributed by atoms with Crippen LogP contribution in [0.4, 0.5) is 5.69 Å². The van der Waals surface area contributed by atoms with Gasteiger partial charge in [0.05, 0.1) is 0 Å². The molecule has 0 aromatic heterocycles. The summed E-state index contributed by atoms with van der Waals surface area (Å²) in [6, 6.07) is 20.4. The second kappa shape index (κ2) is 8.74. The van der Waals surface area contributed by atoms with Crippen molar-refractivity contribution in [1.29, 1.82) is 5.26 Å². The fourth-order valence-electron chi connectivity index (χ4n) is 3.01. The molecule has 0 radical (unpaired) electrons. The van der Waals surface area contributed by atoms with Crippen molar-refractivity contribution in [2.24, 2.45) is 0 Å². The number of benzene rings is 3. The van der Waals surface area contributed by atoms with E-state index in [0.29, 0.717) is 23.0 Å². The summed E-state index contributed by atoms with van der Waals surface area (Å²) in [4.78, 5) is 12.5. The molecule has 0 bridgehead atoms. The number of phenols is 1. The van der Waals surface area contributed by atoms with E-state index in [2.05, 4.69) is 29.7 Å². The van der Waals surface area contributed by atoms with Crippen molar-refractivity contribution in [3.63, 3.8) is 0 Å². The number of phenolic OH excluding ortho intramolecular Hbond substituents is 1. The Morgan fingerprint density at radius 2 is 1.82 bits per heavy atom. The molecule has 0 saturated carbocycles. The molecule has 0 heterocycles. The largest absolute Gasteiger partial charge is 0.507 e. The molecule has 5 nitrogen and oxygen atoms in total. The minimum absolute atomic E-state index is 0.0121. The van der Waals surface area contributed by atoms with Gasteiger partial charge in [0, 0.05) is 29.2 Å². The Kier molecular flexibility index (Phi) is 5.93. The first-order valence-corrected chi connectivity index (χ1v) is 9.00. The zero-order valence-corrected chi connectivity index (χ0v) is 15.6. The lowest BCUT2D eigenvalue weighted by Gasteiger charge is -2.09. The third-order valence-corrected chi connectivity index (χ3v) is 4.56. The summed E-state index contributed by atoms with van der Waals surface area (Å²) < 4.78 is 0.